The summed E-state index contributed by atoms with van der Waals surface area (Å²) < 4.78 is 6.25. The van der Waals surface area contributed by atoms with E-state index in [2.05, 4.69) is 21.2 Å². The summed E-state index contributed by atoms with van der Waals surface area (Å²) in [7, 11) is 0. The molecule has 0 radical (unpaired) electrons. The summed E-state index contributed by atoms with van der Waals surface area (Å²) in [5.41, 5.74) is 1.35. The fourth-order valence-corrected chi connectivity index (χ4v) is 3.79. The molecule has 0 aromatic heterocycles. The van der Waals surface area contributed by atoms with E-state index in [4.69, 9.17) is 4.74 Å². The fourth-order valence-electron chi connectivity index (χ4n) is 2.56. The van der Waals surface area contributed by atoms with E-state index in [-0.39, 0.29) is 11.4 Å². The van der Waals surface area contributed by atoms with E-state index in [1.54, 1.807) is 24.3 Å². The second-order valence-corrected chi connectivity index (χ2v) is 8.06. The second-order valence-electron chi connectivity index (χ2n) is 6.21. The SMILES string of the molecule is CCCOc1ccc(/C=C2\SC(=O)N(CC(=O)Nc3ccccc3Br)C2=O)cc1. The molecule has 1 fully saturated rings. The number of carbonyl (C=O) groups is 3. The third kappa shape index (κ3) is 5.48. The van der Waals surface area contributed by atoms with Gasteiger partial charge < -0.3 is 10.1 Å². The van der Waals surface area contributed by atoms with Gasteiger partial charge in [0.05, 0.1) is 17.2 Å². The molecule has 2 aromatic carbocycles. The molecule has 29 heavy (non-hydrogen) atoms. The lowest BCUT2D eigenvalue weighted by atomic mass is 10.2. The van der Waals surface area contributed by atoms with Crippen LogP contribution in [0, 0.1) is 0 Å². The Labute approximate surface area is 181 Å². The monoisotopic (exact) mass is 474 g/mol. The first kappa shape index (κ1) is 21.1. The third-order valence-corrected chi connectivity index (χ3v) is 5.57. The number of para-hydroxylation sites is 1. The molecule has 3 amide bonds. The summed E-state index contributed by atoms with van der Waals surface area (Å²) in [6.07, 6.45) is 2.56. The highest BCUT2D eigenvalue weighted by molar-refractivity contribution is 9.10. The molecule has 150 valence electrons. The summed E-state index contributed by atoms with van der Waals surface area (Å²) >= 11 is 4.17. The fraction of sp³-hybridized carbons (Fsp3) is 0.190. The Kier molecular flexibility index (Phi) is 7.11. The Balaban J connectivity index is 1.65. The minimum atomic E-state index is -0.478. The lowest BCUT2D eigenvalue weighted by molar-refractivity contribution is -0.127. The molecule has 2 aromatic rings. The summed E-state index contributed by atoms with van der Waals surface area (Å²) in [6, 6.07) is 14.4. The van der Waals surface area contributed by atoms with Gasteiger partial charge >= 0.3 is 0 Å². The Morgan fingerprint density at radius 3 is 2.59 bits per heavy atom. The van der Waals surface area contributed by atoms with Gasteiger partial charge in [-0.1, -0.05) is 31.2 Å². The lowest BCUT2D eigenvalue weighted by Gasteiger charge is -2.13. The van der Waals surface area contributed by atoms with Crippen molar-refractivity contribution in [3.63, 3.8) is 0 Å². The van der Waals surface area contributed by atoms with Crippen molar-refractivity contribution < 1.29 is 19.1 Å². The van der Waals surface area contributed by atoms with Crippen molar-refractivity contribution in [2.45, 2.75) is 13.3 Å². The maximum atomic E-state index is 12.6. The second kappa shape index (κ2) is 9.76. The molecule has 0 spiro atoms. The molecule has 1 heterocycles. The summed E-state index contributed by atoms with van der Waals surface area (Å²) in [5.74, 6) is -0.174. The van der Waals surface area contributed by atoms with Gasteiger partial charge in [-0.3, -0.25) is 19.3 Å². The zero-order valence-electron chi connectivity index (χ0n) is 15.7. The molecule has 1 N–H and O–H groups in total. The number of hydrogen-bond donors (Lipinski definition) is 1. The first-order valence-electron chi connectivity index (χ1n) is 9.00. The van der Waals surface area contributed by atoms with Gasteiger partial charge in [0.15, 0.2) is 0 Å². The Morgan fingerprint density at radius 1 is 1.17 bits per heavy atom. The number of ether oxygens (including phenoxy) is 1. The Hall–Kier alpha value is -2.58. The van der Waals surface area contributed by atoms with Gasteiger partial charge in [0.1, 0.15) is 12.3 Å². The number of amides is 3. The smallest absolute Gasteiger partial charge is 0.294 e. The first-order chi connectivity index (χ1) is 14.0. The van der Waals surface area contributed by atoms with E-state index in [1.165, 1.54) is 0 Å². The quantitative estimate of drug-likeness (QED) is 0.576. The molecule has 0 aliphatic carbocycles. The number of anilines is 1. The zero-order chi connectivity index (χ0) is 20.8. The molecule has 1 saturated heterocycles. The van der Waals surface area contributed by atoms with E-state index in [9.17, 15) is 14.4 Å². The third-order valence-electron chi connectivity index (χ3n) is 3.97. The standard InChI is InChI=1S/C21H19BrN2O4S/c1-2-11-28-15-9-7-14(8-10-15)12-18-20(26)24(21(27)29-18)13-19(25)23-17-6-4-3-5-16(17)22/h3-10,12H,2,11,13H2,1H3,(H,23,25)/b18-12-. The molecule has 0 saturated carbocycles. The van der Waals surface area contributed by atoms with Gasteiger partial charge in [0, 0.05) is 4.47 Å². The topological polar surface area (TPSA) is 75.7 Å². The van der Waals surface area contributed by atoms with E-state index in [1.807, 2.05) is 37.3 Å². The van der Waals surface area contributed by atoms with Crippen LogP contribution in [0.1, 0.15) is 18.9 Å². The molecule has 0 unspecified atom stereocenters. The highest BCUT2D eigenvalue weighted by Gasteiger charge is 2.36. The number of imide groups is 1. The lowest BCUT2D eigenvalue weighted by Crippen LogP contribution is -2.36. The Bertz CT molecular complexity index is 959. The number of nitrogens with one attached hydrogen (secondary N) is 1. The van der Waals surface area contributed by atoms with Crippen LogP contribution in [-0.2, 0) is 9.59 Å². The van der Waals surface area contributed by atoms with E-state index < -0.39 is 17.1 Å². The van der Waals surface area contributed by atoms with Crippen LogP contribution in [0.25, 0.3) is 6.08 Å². The minimum Gasteiger partial charge on any atom is -0.494 e. The molecule has 8 heteroatoms. The molecule has 0 bridgehead atoms. The number of hydrogen-bond acceptors (Lipinski definition) is 5. The van der Waals surface area contributed by atoms with Crippen molar-refractivity contribution in [1.82, 2.24) is 4.90 Å². The number of benzene rings is 2. The van der Waals surface area contributed by atoms with Crippen molar-refractivity contribution >= 4 is 56.5 Å². The largest absolute Gasteiger partial charge is 0.494 e. The van der Waals surface area contributed by atoms with Crippen LogP contribution in [0.3, 0.4) is 0 Å². The van der Waals surface area contributed by atoms with E-state index in [0.29, 0.717) is 16.8 Å². The molecule has 1 aliphatic rings. The zero-order valence-corrected chi connectivity index (χ0v) is 18.1. The molecule has 1 aliphatic heterocycles. The summed E-state index contributed by atoms with van der Waals surface area (Å²) in [6.45, 7) is 2.33. The van der Waals surface area contributed by atoms with Crippen LogP contribution >= 0.6 is 27.7 Å². The van der Waals surface area contributed by atoms with Gasteiger partial charge in [-0.15, -0.1) is 0 Å². The van der Waals surface area contributed by atoms with Crippen molar-refractivity contribution in [2.75, 3.05) is 18.5 Å². The highest BCUT2D eigenvalue weighted by atomic mass is 79.9. The van der Waals surface area contributed by atoms with E-state index >= 15 is 0 Å². The molecular formula is C21H19BrN2O4S. The molecule has 6 nitrogen and oxygen atoms in total. The number of carbonyl (C=O) groups excluding carboxylic acids is 3. The van der Waals surface area contributed by atoms with Crippen molar-refractivity contribution in [3.8, 4) is 5.75 Å². The number of halogens is 1. The predicted octanol–water partition coefficient (Wildman–Crippen LogP) is 4.91. The summed E-state index contributed by atoms with van der Waals surface area (Å²) in [5, 5.41) is 2.22. The van der Waals surface area contributed by atoms with Gasteiger partial charge in [-0.2, -0.15) is 0 Å². The minimum absolute atomic E-state index is 0.283. The molecular weight excluding hydrogens is 456 g/mol. The number of nitrogens with zero attached hydrogens (tertiary/aromatic N) is 1. The predicted molar refractivity (Wildman–Crippen MR) is 118 cm³/mol. The van der Waals surface area contributed by atoms with Crippen molar-refractivity contribution in [1.29, 1.82) is 0 Å². The van der Waals surface area contributed by atoms with E-state index in [0.717, 1.165) is 34.4 Å². The number of rotatable bonds is 7. The maximum absolute atomic E-state index is 12.6. The van der Waals surface area contributed by atoms with Gasteiger partial charge in [0.25, 0.3) is 11.1 Å². The van der Waals surface area contributed by atoms with Gasteiger partial charge in [-0.25, -0.2) is 0 Å². The molecule has 3 rings (SSSR count). The maximum Gasteiger partial charge on any atom is 0.294 e. The average molecular weight is 475 g/mol. The van der Waals surface area contributed by atoms with Crippen LogP contribution in [0.2, 0.25) is 0 Å². The van der Waals surface area contributed by atoms with Crippen LogP contribution in [0.4, 0.5) is 10.5 Å². The molecule has 0 atom stereocenters. The van der Waals surface area contributed by atoms with Crippen molar-refractivity contribution in [3.05, 3.63) is 63.5 Å². The van der Waals surface area contributed by atoms with Crippen LogP contribution < -0.4 is 10.1 Å². The summed E-state index contributed by atoms with van der Waals surface area (Å²) in [4.78, 5) is 38.3. The van der Waals surface area contributed by atoms with Crippen LogP contribution in [0.5, 0.6) is 5.75 Å². The van der Waals surface area contributed by atoms with Crippen LogP contribution in [0.15, 0.2) is 57.9 Å². The first-order valence-corrected chi connectivity index (χ1v) is 10.6. The van der Waals surface area contributed by atoms with Gasteiger partial charge in [-0.05, 0) is 70.0 Å². The normalized spacial score (nSPS) is 15.1. The Morgan fingerprint density at radius 2 is 1.90 bits per heavy atom. The highest BCUT2D eigenvalue weighted by Crippen LogP contribution is 2.32. The van der Waals surface area contributed by atoms with Crippen molar-refractivity contribution in [2.24, 2.45) is 0 Å². The number of thioether (sulfide) groups is 1. The average Bonchev–Trinajstić information content (AvgIpc) is 2.96. The van der Waals surface area contributed by atoms with Crippen LogP contribution in [-0.4, -0.2) is 35.1 Å². The van der Waals surface area contributed by atoms with Gasteiger partial charge in [0.2, 0.25) is 5.91 Å².